The Morgan fingerprint density at radius 1 is 0.922 bits per heavy atom. The van der Waals surface area contributed by atoms with Gasteiger partial charge >= 0.3 is 11.7 Å². The number of anilines is 2. The Morgan fingerprint density at radius 2 is 1.70 bits per heavy atom. The number of carbonyl (C=O) groups excluding carboxylic acids is 4. The van der Waals surface area contributed by atoms with Gasteiger partial charge in [-0.2, -0.15) is 10.2 Å². The van der Waals surface area contributed by atoms with Gasteiger partial charge in [0, 0.05) is 100 Å². The summed E-state index contributed by atoms with van der Waals surface area (Å²) in [7, 11) is 3.38. The molecular formula is C46H55F2N11O5. The molecule has 2 saturated heterocycles. The van der Waals surface area contributed by atoms with E-state index in [4.69, 9.17) is 5.10 Å². The Balaban J connectivity index is 0.840. The standard InChI is InChI=1S/C46H55F2N11O5/c1-49-45(63)55-23-18-35-34(28-55)43(56-20-9-10-29-24-32(30-26-50-53(2)27-30)33(42(47)48)25-39(29)56)52-59(35)31-16-21-54(22-17-31)41(61)13-5-3-4-8-19-57-36-11-6-7-12-37(36)58(46(57)64)38-14-15-40(60)51-44(38)62/h6-7,11-12,24-27,31,38,42H,3-5,8-10,13-23,28H2,1-2H3,(H,49,63)(H,51,60,62). The second-order valence-electron chi connectivity index (χ2n) is 17.5. The highest BCUT2D eigenvalue weighted by Crippen LogP contribution is 2.44. The van der Waals surface area contributed by atoms with Crippen LogP contribution in [0.15, 0.2) is 53.6 Å². The first kappa shape index (κ1) is 42.9. The third-order valence-corrected chi connectivity index (χ3v) is 13.5. The van der Waals surface area contributed by atoms with Crippen molar-refractivity contribution in [1.29, 1.82) is 0 Å². The number of imide groups is 1. The zero-order chi connectivity index (χ0) is 44.6. The van der Waals surface area contributed by atoms with Crippen LogP contribution in [0.4, 0.5) is 25.1 Å². The summed E-state index contributed by atoms with van der Waals surface area (Å²) in [6.07, 6.45) is 8.33. The van der Waals surface area contributed by atoms with Crippen LogP contribution in [-0.4, -0.2) is 95.5 Å². The molecule has 2 fully saturated rings. The van der Waals surface area contributed by atoms with Crippen molar-refractivity contribution in [3.63, 3.8) is 0 Å². The highest BCUT2D eigenvalue weighted by Gasteiger charge is 2.36. The third kappa shape index (κ3) is 8.17. The number of amides is 5. The van der Waals surface area contributed by atoms with Crippen LogP contribution in [0.1, 0.15) is 105 Å². The zero-order valence-electron chi connectivity index (χ0n) is 36.4. The van der Waals surface area contributed by atoms with Crippen LogP contribution in [0, 0.1) is 0 Å². The highest BCUT2D eigenvalue weighted by molar-refractivity contribution is 6.00. The summed E-state index contributed by atoms with van der Waals surface area (Å²) < 4.78 is 36.4. The Hall–Kier alpha value is -6.33. The molecule has 0 spiro atoms. The van der Waals surface area contributed by atoms with E-state index in [1.807, 2.05) is 35.2 Å². The predicted molar refractivity (Wildman–Crippen MR) is 235 cm³/mol. The van der Waals surface area contributed by atoms with Gasteiger partial charge in [0.2, 0.25) is 17.7 Å². The lowest BCUT2D eigenvalue weighted by Gasteiger charge is -2.34. The first-order chi connectivity index (χ1) is 31.0. The Labute approximate surface area is 369 Å². The van der Waals surface area contributed by atoms with Crippen molar-refractivity contribution in [2.45, 2.75) is 109 Å². The molecule has 0 saturated carbocycles. The number of hydrogen-bond acceptors (Lipinski definition) is 8. The molecule has 0 radical (unpaired) electrons. The number of piperidine rings is 2. The lowest BCUT2D eigenvalue weighted by atomic mass is 9.92. The monoisotopic (exact) mass is 879 g/mol. The van der Waals surface area contributed by atoms with E-state index in [1.54, 1.807) is 46.7 Å². The summed E-state index contributed by atoms with van der Waals surface area (Å²) in [5, 5.41) is 14.6. The molecule has 1 unspecified atom stereocenters. The number of fused-ring (bicyclic) bond motifs is 3. The minimum Gasteiger partial charge on any atom is -0.343 e. The second kappa shape index (κ2) is 18.0. The van der Waals surface area contributed by atoms with Crippen molar-refractivity contribution in [3.8, 4) is 11.1 Å². The maximum Gasteiger partial charge on any atom is 0.329 e. The number of aromatic nitrogens is 6. The number of hydrogen-bond donors (Lipinski definition) is 2. The fourth-order valence-electron chi connectivity index (χ4n) is 10.2. The summed E-state index contributed by atoms with van der Waals surface area (Å²) in [6, 6.07) is 10.0. The molecule has 5 amide bonds. The van der Waals surface area contributed by atoms with Crippen LogP contribution in [0.5, 0.6) is 0 Å². The maximum absolute atomic E-state index is 14.7. The number of rotatable bonds is 12. The van der Waals surface area contributed by atoms with E-state index in [0.717, 1.165) is 73.7 Å². The zero-order valence-corrected chi connectivity index (χ0v) is 36.4. The molecule has 0 aliphatic carbocycles. The quantitative estimate of drug-likeness (QED) is 0.115. The number of benzene rings is 2. The van der Waals surface area contributed by atoms with Gasteiger partial charge < -0.3 is 20.0 Å². The van der Waals surface area contributed by atoms with E-state index in [0.29, 0.717) is 80.3 Å². The van der Waals surface area contributed by atoms with Crippen LogP contribution in [0.3, 0.4) is 0 Å². The topological polar surface area (TPSA) is 165 Å². The molecule has 0 bridgehead atoms. The lowest BCUT2D eigenvalue weighted by molar-refractivity contribution is -0.136. The Kier molecular flexibility index (Phi) is 12.1. The number of aryl methyl sites for hydroxylation is 3. The minimum atomic E-state index is -2.69. The average Bonchev–Trinajstić information content (AvgIpc) is 3.99. The van der Waals surface area contributed by atoms with Crippen LogP contribution >= 0.6 is 0 Å². The van der Waals surface area contributed by atoms with E-state index in [2.05, 4.69) is 25.3 Å². The molecule has 64 heavy (non-hydrogen) atoms. The van der Waals surface area contributed by atoms with Gasteiger partial charge in [0.05, 0.1) is 29.8 Å². The summed E-state index contributed by atoms with van der Waals surface area (Å²) in [4.78, 5) is 70.1. The van der Waals surface area contributed by atoms with Crippen molar-refractivity contribution in [2.24, 2.45) is 7.05 Å². The SMILES string of the molecule is CNC(=O)N1CCc2c(c(N3CCCc4cc(-c5cnn(C)c5)c(C(F)F)cc43)nn2C2CCN(C(=O)CCCCCCn3c(=O)n(C4CCC(=O)NC4=O)c4ccccc43)CC2)C1. The van der Waals surface area contributed by atoms with Crippen molar-refractivity contribution < 1.29 is 28.0 Å². The number of nitrogens with one attached hydrogen (secondary N) is 2. The van der Waals surface area contributed by atoms with Crippen LogP contribution in [0.2, 0.25) is 0 Å². The minimum absolute atomic E-state index is 0.0382. The van der Waals surface area contributed by atoms with Gasteiger partial charge in [-0.15, -0.1) is 0 Å². The van der Waals surface area contributed by atoms with Gasteiger partial charge in [-0.25, -0.2) is 18.4 Å². The number of nitrogens with zero attached hydrogens (tertiary/aromatic N) is 9. The average molecular weight is 880 g/mol. The molecule has 338 valence electrons. The molecule has 16 nitrogen and oxygen atoms in total. The normalized spacial score (nSPS) is 18.1. The molecule has 3 aromatic heterocycles. The molecule has 4 aliphatic rings. The molecule has 1 atom stereocenters. The van der Waals surface area contributed by atoms with Crippen molar-refractivity contribution in [1.82, 2.24) is 49.1 Å². The first-order valence-corrected chi connectivity index (χ1v) is 22.6. The van der Waals surface area contributed by atoms with Gasteiger partial charge in [0.1, 0.15) is 6.04 Å². The molecule has 7 heterocycles. The lowest BCUT2D eigenvalue weighted by Crippen LogP contribution is -2.44. The summed E-state index contributed by atoms with van der Waals surface area (Å²) in [6.45, 7) is 3.16. The molecule has 2 N–H and O–H groups in total. The van der Waals surface area contributed by atoms with E-state index in [9.17, 15) is 32.8 Å². The van der Waals surface area contributed by atoms with Crippen LogP contribution < -0.4 is 21.2 Å². The van der Waals surface area contributed by atoms with Gasteiger partial charge in [-0.3, -0.25) is 38.2 Å². The van der Waals surface area contributed by atoms with Gasteiger partial charge in [0.25, 0.3) is 6.43 Å². The van der Waals surface area contributed by atoms with E-state index in [1.165, 1.54) is 4.57 Å². The Morgan fingerprint density at radius 3 is 2.44 bits per heavy atom. The van der Waals surface area contributed by atoms with Gasteiger partial charge in [0.15, 0.2) is 5.82 Å². The molecule has 2 aromatic carbocycles. The first-order valence-electron chi connectivity index (χ1n) is 22.6. The van der Waals surface area contributed by atoms with Crippen LogP contribution in [0.25, 0.3) is 22.2 Å². The van der Waals surface area contributed by atoms with Gasteiger partial charge in [-0.1, -0.05) is 25.0 Å². The predicted octanol–water partition coefficient (Wildman–Crippen LogP) is 5.91. The number of likely N-dealkylation sites (tertiary alicyclic amines) is 1. The van der Waals surface area contributed by atoms with E-state index >= 15 is 0 Å². The molecule has 18 heteroatoms. The van der Waals surface area contributed by atoms with E-state index < -0.39 is 18.4 Å². The number of carbonyl (C=O) groups is 4. The second-order valence-corrected chi connectivity index (χ2v) is 17.5. The fourth-order valence-corrected chi connectivity index (χ4v) is 10.2. The third-order valence-electron chi connectivity index (χ3n) is 13.5. The number of para-hydroxylation sites is 2. The molecular weight excluding hydrogens is 825 g/mol. The number of imidazole rings is 1. The molecule has 5 aromatic rings. The number of unbranched alkanes of at least 4 members (excludes halogenated alkanes) is 3. The summed E-state index contributed by atoms with van der Waals surface area (Å²) in [5.41, 5.74) is 5.90. The largest absolute Gasteiger partial charge is 0.343 e. The van der Waals surface area contributed by atoms with Crippen LogP contribution in [-0.2, 0) is 47.4 Å². The Bertz CT molecular complexity index is 2660. The molecule has 9 rings (SSSR count). The molecule has 4 aliphatic heterocycles. The highest BCUT2D eigenvalue weighted by atomic mass is 19.3. The van der Waals surface area contributed by atoms with Crippen molar-refractivity contribution in [3.05, 3.63) is 81.7 Å². The summed E-state index contributed by atoms with van der Waals surface area (Å²) >= 11 is 0. The van der Waals surface area contributed by atoms with Gasteiger partial charge in [-0.05, 0) is 80.3 Å². The fraction of sp³-hybridized carbons (Fsp3) is 0.500. The summed E-state index contributed by atoms with van der Waals surface area (Å²) in [5.74, 6) is 0.0408. The van der Waals surface area contributed by atoms with Crippen molar-refractivity contribution >= 4 is 46.3 Å². The number of alkyl halides is 2. The maximum atomic E-state index is 14.7. The van der Waals surface area contributed by atoms with E-state index in [-0.39, 0.29) is 48.0 Å². The number of urea groups is 1. The number of halogens is 2. The smallest absolute Gasteiger partial charge is 0.329 e. The van der Waals surface area contributed by atoms with Crippen molar-refractivity contribution in [2.75, 3.05) is 38.1 Å².